The fourth-order valence-electron chi connectivity index (χ4n) is 1.96. The predicted molar refractivity (Wildman–Crippen MR) is 53.4 cm³/mol. The van der Waals surface area contributed by atoms with Crippen molar-refractivity contribution in [2.45, 2.75) is 31.3 Å². The van der Waals surface area contributed by atoms with Gasteiger partial charge in [-0.3, -0.25) is 14.5 Å². The number of imide groups is 1. The van der Waals surface area contributed by atoms with Crippen molar-refractivity contribution >= 4 is 17.5 Å². The molecule has 6 heteroatoms. The molecule has 1 aliphatic carbocycles. The fourth-order valence-corrected chi connectivity index (χ4v) is 1.96. The normalized spacial score (nSPS) is 25.2. The van der Waals surface area contributed by atoms with Crippen LogP contribution in [-0.2, 0) is 9.59 Å². The summed E-state index contributed by atoms with van der Waals surface area (Å²) in [5, 5.41) is 6.47. The minimum Gasteiger partial charge on any atom is -0.369 e. The highest BCUT2D eigenvalue weighted by Gasteiger charge is 2.46. The Morgan fingerprint density at radius 1 is 1.44 bits per heavy atom. The Balaban J connectivity index is 1.73. The molecule has 1 N–H and O–H groups in total. The highest BCUT2D eigenvalue weighted by atomic mass is 16.5. The molecule has 0 bridgehead atoms. The second kappa shape index (κ2) is 3.33. The van der Waals surface area contributed by atoms with Gasteiger partial charge in [0.2, 0.25) is 5.91 Å². The van der Waals surface area contributed by atoms with E-state index in [-0.39, 0.29) is 24.3 Å². The van der Waals surface area contributed by atoms with Crippen molar-refractivity contribution in [3.05, 3.63) is 12.5 Å². The molecule has 1 atom stereocenters. The molecular weight excluding hydrogens is 210 g/mol. The fraction of sp³-hybridized carbons (Fsp3) is 0.500. The summed E-state index contributed by atoms with van der Waals surface area (Å²) in [6.45, 7) is 0. The number of carbonyl (C=O) groups excluding carboxylic acids is 2. The van der Waals surface area contributed by atoms with E-state index in [0.717, 1.165) is 12.8 Å². The zero-order valence-electron chi connectivity index (χ0n) is 8.55. The number of amides is 2. The highest BCUT2D eigenvalue weighted by Crippen LogP contribution is 2.32. The van der Waals surface area contributed by atoms with Crippen molar-refractivity contribution < 1.29 is 14.1 Å². The molecule has 0 radical (unpaired) electrons. The molecule has 84 valence electrons. The molecule has 2 fully saturated rings. The van der Waals surface area contributed by atoms with E-state index >= 15 is 0 Å². The SMILES string of the molecule is O=C1CC(Nc2cnoc2)C(=O)N1C1CC1. The second-order valence-corrected chi connectivity index (χ2v) is 4.15. The van der Waals surface area contributed by atoms with Gasteiger partial charge >= 0.3 is 0 Å². The maximum absolute atomic E-state index is 11.9. The van der Waals surface area contributed by atoms with Gasteiger partial charge in [-0.05, 0) is 12.8 Å². The Morgan fingerprint density at radius 2 is 2.25 bits per heavy atom. The lowest BCUT2D eigenvalue weighted by atomic mass is 10.2. The van der Waals surface area contributed by atoms with Crippen molar-refractivity contribution in [1.82, 2.24) is 10.1 Å². The monoisotopic (exact) mass is 221 g/mol. The lowest BCUT2D eigenvalue weighted by Crippen LogP contribution is -2.36. The van der Waals surface area contributed by atoms with Gasteiger partial charge in [0.1, 0.15) is 12.3 Å². The van der Waals surface area contributed by atoms with Gasteiger partial charge in [0, 0.05) is 6.04 Å². The number of aromatic nitrogens is 1. The highest BCUT2D eigenvalue weighted by molar-refractivity contribution is 6.07. The molecule has 1 aromatic heterocycles. The molecule has 3 rings (SSSR count). The summed E-state index contributed by atoms with van der Waals surface area (Å²) in [7, 11) is 0. The first-order valence-electron chi connectivity index (χ1n) is 5.27. The molecule has 0 spiro atoms. The van der Waals surface area contributed by atoms with Crippen LogP contribution in [0.15, 0.2) is 17.0 Å². The van der Waals surface area contributed by atoms with Gasteiger partial charge in [-0.25, -0.2) is 0 Å². The zero-order chi connectivity index (χ0) is 11.1. The topological polar surface area (TPSA) is 75.4 Å². The molecule has 16 heavy (non-hydrogen) atoms. The van der Waals surface area contributed by atoms with Crippen LogP contribution in [-0.4, -0.2) is 34.0 Å². The van der Waals surface area contributed by atoms with Crippen molar-refractivity contribution in [1.29, 1.82) is 0 Å². The van der Waals surface area contributed by atoms with Crippen LogP contribution in [0.1, 0.15) is 19.3 Å². The third kappa shape index (κ3) is 1.46. The molecule has 2 heterocycles. The number of nitrogens with zero attached hydrogens (tertiary/aromatic N) is 2. The van der Waals surface area contributed by atoms with Crippen LogP contribution >= 0.6 is 0 Å². The first kappa shape index (κ1) is 9.38. The van der Waals surface area contributed by atoms with E-state index in [9.17, 15) is 9.59 Å². The van der Waals surface area contributed by atoms with Crippen LogP contribution in [0.25, 0.3) is 0 Å². The molecule has 0 aromatic carbocycles. The third-order valence-corrected chi connectivity index (χ3v) is 2.87. The van der Waals surface area contributed by atoms with Gasteiger partial charge in [-0.2, -0.15) is 0 Å². The largest absolute Gasteiger partial charge is 0.369 e. The number of carbonyl (C=O) groups is 2. The van der Waals surface area contributed by atoms with Crippen LogP contribution in [0, 0.1) is 0 Å². The van der Waals surface area contributed by atoms with Gasteiger partial charge in [0.05, 0.1) is 18.3 Å². The number of likely N-dealkylation sites (tertiary alicyclic amines) is 1. The molecule has 1 aromatic rings. The summed E-state index contributed by atoms with van der Waals surface area (Å²) >= 11 is 0. The maximum atomic E-state index is 11.9. The first-order valence-corrected chi connectivity index (χ1v) is 5.27. The van der Waals surface area contributed by atoms with Gasteiger partial charge in [0.25, 0.3) is 5.91 Å². The average molecular weight is 221 g/mol. The van der Waals surface area contributed by atoms with E-state index < -0.39 is 6.04 Å². The van der Waals surface area contributed by atoms with Gasteiger partial charge in [-0.15, -0.1) is 0 Å². The van der Waals surface area contributed by atoms with Gasteiger partial charge in [-0.1, -0.05) is 5.16 Å². The summed E-state index contributed by atoms with van der Waals surface area (Å²) in [5.41, 5.74) is 0.629. The Labute approximate surface area is 91.6 Å². The number of hydrogen-bond acceptors (Lipinski definition) is 5. The Morgan fingerprint density at radius 3 is 2.88 bits per heavy atom. The third-order valence-electron chi connectivity index (χ3n) is 2.87. The van der Waals surface area contributed by atoms with E-state index in [1.54, 1.807) is 0 Å². The minimum atomic E-state index is -0.465. The summed E-state index contributed by atoms with van der Waals surface area (Å²) in [6, 6.07) is -0.318. The standard InChI is InChI=1S/C10H11N3O3/c14-9-3-8(12-6-4-11-16-5-6)10(15)13(9)7-1-2-7/h4-5,7-8,12H,1-3H2. The number of anilines is 1. The molecule has 2 amide bonds. The van der Waals surface area contributed by atoms with E-state index in [2.05, 4.69) is 15.0 Å². The molecule has 1 aliphatic heterocycles. The van der Waals surface area contributed by atoms with Crippen molar-refractivity contribution in [2.24, 2.45) is 0 Å². The smallest absolute Gasteiger partial charge is 0.252 e. The molecule has 6 nitrogen and oxygen atoms in total. The second-order valence-electron chi connectivity index (χ2n) is 4.15. The maximum Gasteiger partial charge on any atom is 0.252 e. The van der Waals surface area contributed by atoms with Crippen molar-refractivity contribution in [3.8, 4) is 0 Å². The number of rotatable bonds is 3. The Hall–Kier alpha value is -1.85. The van der Waals surface area contributed by atoms with Crippen LogP contribution in [0.4, 0.5) is 5.69 Å². The molecular formula is C10H11N3O3. The molecule has 1 saturated carbocycles. The van der Waals surface area contributed by atoms with E-state index in [4.69, 9.17) is 0 Å². The molecule has 1 saturated heterocycles. The summed E-state index contributed by atoms with van der Waals surface area (Å²) in [6.07, 6.45) is 5.00. The van der Waals surface area contributed by atoms with Crippen molar-refractivity contribution in [3.63, 3.8) is 0 Å². The molecule has 2 aliphatic rings. The molecule has 1 unspecified atom stereocenters. The van der Waals surface area contributed by atoms with Crippen LogP contribution in [0.5, 0.6) is 0 Å². The van der Waals surface area contributed by atoms with Gasteiger partial charge in [0.15, 0.2) is 0 Å². The Bertz CT molecular complexity index is 425. The number of hydrogen-bond donors (Lipinski definition) is 1. The summed E-state index contributed by atoms with van der Waals surface area (Å²) in [4.78, 5) is 24.9. The van der Waals surface area contributed by atoms with Crippen LogP contribution in [0.3, 0.4) is 0 Å². The predicted octanol–water partition coefficient (Wildman–Crippen LogP) is 0.376. The van der Waals surface area contributed by atoms with Crippen molar-refractivity contribution in [2.75, 3.05) is 5.32 Å². The van der Waals surface area contributed by atoms with Crippen LogP contribution < -0.4 is 5.32 Å². The van der Waals surface area contributed by atoms with E-state index in [0.29, 0.717) is 5.69 Å². The Kier molecular flexibility index (Phi) is 1.95. The first-order chi connectivity index (χ1) is 7.75. The van der Waals surface area contributed by atoms with E-state index in [1.807, 2.05) is 0 Å². The average Bonchev–Trinajstić information content (AvgIpc) is 2.86. The lowest BCUT2D eigenvalue weighted by Gasteiger charge is -2.13. The van der Waals surface area contributed by atoms with Gasteiger partial charge < -0.3 is 9.84 Å². The zero-order valence-corrected chi connectivity index (χ0v) is 8.55. The number of nitrogens with one attached hydrogen (secondary N) is 1. The quantitative estimate of drug-likeness (QED) is 0.746. The minimum absolute atomic E-state index is 0.0820. The summed E-state index contributed by atoms with van der Waals surface area (Å²) < 4.78 is 4.65. The van der Waals surface area contributed by atoms with E-state index in [1.165, 1.54) is 17.4 Å². The lowest BCUT2D eigenvalue weighted by molar-refractivity contribution is -0.139. The summed E-state index contributed by atoms with van der Waals surface area (Å²) in [5.74, 6) is -0.213. The van der Waals surface area contributed by atoms with Crippen LogP contribution in [0.2, 0.25) is 0 Å².